The third-order valence-corrected chi connectivity index (χ3v) is 9.33. The van der Waals surface area contributed by atoms with Crippen LogP contribution in [0.1, 0.15) is 59.8 Å². The number of hydrogen-bond acceptors (Lipinski definition) is 9. The Bertz CT molecular complexity index is 1860. The number of benzene rings is 2. The Kier molecular flexibility index (Phi) is 12.5. The molecule has 13 heteroatoms. The van der Waals surface area contributed by atoms with Gasteiger partial charge in [-0.25, -0.2) is 29.8 Å². The van der Waals surface area contributed by atoms with Crippen LogP contribution in [0.4, 0.5) is 9.59 Å². The molecule has 5 rings (SSSR count). The summed E-state index contributed by atoms with van der Waals surface area (Å²) < 4.78 is 23.0. The van der Waals surface area contributed by atoms with E-state index < -0.39 is 47.3 Å². The lowest BCUT2D eigenvalue weighted by atomic mass is 10.1. The van der Waals surface area contributed by atoms with Crippen molar-refractivity contribution in [2.75, 3.05) is 26.8 Å². The van der Waals surface area contributed by atoms with Crippen molar-refractivity contribution in [2.45, 2.75) is 83.1 Å². The van der Waals surface area contributed by atoms with Crippen LogP contribution in [0.2, 0.25) is 0 Å². The zero-order valence-electron chi connectivity index (χ0n) is 31.8. The Morgan fingerprint density at radius 3 is 2.48 bits per heavy atom. The molecule has 1 aromatic heterocycles. The van der Waals surface area contributed by atoms with Crippen LogP contribution in [0.15, 0.2) is 79.9 Å². The molecule has 0 radical (unpaired) electrons. The number of nitrogens with zero attached hydrogens (tertiary/aromatic N) is 3. The summed E-state index contributed by atoms with van der Waals surface area (Å²) in [6, 6.07) is 15.3. The number of nitrogens with one attached hydrogen (secondary N) is 2. The van der Waals surface area contributed by atoms with Gasteiger partial charge < -0.3 is 29.2 Å². The number of pyridine rings is 1. The molecule has 1 saturated heterocycles. The van der Waals surface area contributed by atoms with Crippen molar-refractivity contribution >= 4 is 34.9 Å². The molecule has 2 N–H and O–H groups in total. The van der Waals surface area contributed by atoms with Crippen LogP contribution in [0, 0.1) is 5.92 Å². The Labute approximate surface area is 316 Å². The monoisotopic (exact) mass is 741 g/mol. The number of ether oxygens (including phenoxy) is 4. The van der Waals surface area contributed by atoms with Gasteiger partial charge in [-0.1, -0.05) is 42.5 Å². The summed E-state index contributed by atoms with van der Waals surface area (Å²) in [5, 5.41) is 4.79. The minimum absolute atomic E-state index is 0.00594. The summed E-state index contributed by atoms with van der Waals surface area (Å²) >= 11 is 0. The minimum atomic E-state index is -1.29. The van der Waals surface area contributed by atoms with Gasteiger partial charge in [-0.3, -0.25) is 4.79 Å². The second kappa shape index (κ2) is 17.0. The Balaban J connectivity index is 1.49. The number of rotatable bonds is 14. The zero-order chi connectivity index (χ0) is 39.0. The van der Waals surface area contributed by atoms with Crippen molar-refractivity contribution in [1.82, 2.24) is 25.6 Å². The first-order valence-corrected chi connectivity index (χ1v) is 18.3. The van der Waals surface area contributed by atoms with Crippen LogP contribution in [0.5, 0.6) is 11.5 Å². The predicted molar refractivity (Wildman–Crippen MR) is 205 cm³/mol. The van der Waals surface area contributed by atoms with Crippen molar-refractivity contribution in [1.29, 1.82) is 0 Å². The molecule has 4 atom stereocenters. The van der Waals surface area contributed by atoms with Crippen molar-refractivity contribution in [3.8, 4) is 22.8 Å². The molecule has 13 nitrogen and oxygen atoms in total. The summed E-state index contributed by atoms with van der Waals surface area (Å²) in [6.45, 7) is 14.7. The first kappa shape index (κ1) is 39.6. The number of esters is 1. The van der Waals surface area contributed by atoms with Crippen LogP contribution in [-0.2, 0) is 19.1 Å². The molecule has 288 valence electrons. The van der Waals surface area contributed by atoms with Gasteiger partial charge in [-0.05, 0) is 65.5 Å². The number of carbonyl (C=O) groups is 4. The lowest BCUT2D eigenvalue weighted by molar-refractivity contribution is -0.149. The maximum absolute atomic E-state index is 14.5. The third-order valence-electron chi connectivity index (χ3n) is 9.33. The van der Waals surface area contributed by atoms with E-state index in [9.17, 15) is 19.2 Å². The average Bonchev–Trinajstić information content (AvgIpc) is 3.70. The number of hydrazine groups is 1. The maximum atomic E-state index is 14.5. The first-order chi connectivity index (χ1) is 25.8. The number of carbonyl (C=O) groups excluding carboxylic acids is 4. The number of likely N-dealkylation sites (tertiary alicyclic amines) is 1. The van der Waals surface area contributed by atoms with Gasteiger partial charge in [0.2, 0.25) is 5.91 Å². The van der Waals surface area contributed by atoms with E-state index in [2.05, 4.69) is 23.9 Å². The Morgan fingerprint density at radius 1 is 1.07 bits per heavy atom. The molecule has 2 aliphatic rings. The van der Waals surface area contributed by atoms with E-state index in [0.29, 0.717) is 47.4 Å². The fourth-order valence-corrected chi connectivity index (χ4v) is 6.57. The molecule has 2 aromatic carbocycles. The standard InChI is InChI=1S/C41H51N5O8/c1-8-11-12-16-21-46(44-38(49)54-40(4,5)6)39(50)45-26-30(23-34(45)36(47)43-41(25-28(41)9-2)37(48)52-10-3)53-35-24-32(27-17-14-13-15-18-27)42-33-22-29(51-7)19-20-31(33)35/h8-9,13-15,17-20,22,24,28,30,34H,1-2,10-12,16,21,23,25-26H2,3-7H3,(H,43,47)(H,44,49)/t28?,30-,34+,41-/m1/s1. The first-order valence-electron chi connectivity index (χ1n) is 18.3. The van der Waals surface area contributed by atoms with Crippen LogP contribution in [0.25, 0.3) is 22.2 Å². The molecule has 1 aliphatic carbocycles. The predicted octanol–water partition coefficient (Wildman–Crippen LogP) is 6.57. The largest absolute Gasteiger partial charge is 0.497 e. The molecule has 3 aromatic rings. The molecule has 0 spiro atoms. The van der Waals surface area contributed by atoms with Gasteiger partial charge in [0.1, 0.15) is 34.8 Å². The molecular formula is C41H51N5O8. The SMILES string of the molecule is C=CCCCCN(NC(=O)OC(C)(C)C)C(=O)N1C[C@H](Oc2cc(-c3ccccc3)nc3cc(OC)ccc23)C[C@H]1C(=O)N[C@]1(C(=O)OCC)CC1C=C. The number of allylic oxidation sites excluding steroid dienone is 1. The lowest BCUT2D eigenvalue weighted by Gasteiger charge is -2.32. The average molecular weight is 742 g/mol. The Hall–Kier alpha value is -5.59. The van der Waals surface area contributed by atoms with E-state index in [-0.39, 0.29) is 32.0 Å². The number of methoxy groups -OCH3 is 1. The van der Waals surface area contributed by atoms with Gasteiger partial charge in [0.05, 0.1) is 31.5 Å². The van der Waals surface area contributed by atoms with E-state index in [0.717, 1.165) is 12.0 Å². The van der Waals surface area contributed by atoms with Gasteiger partial charge in [0.15, 0.2) is 0 Å². The van der Waals surface area contributed by atoms with Crippen LogP contribution < -0.4 is 20.2 Å². The van der Waals surface area contributed by atoms with E-state index >= 15 is 0 Å². The highest BCUT2D eigenvalue weighted by atomic mass is 16.6. The summed E-state index contributed by atoms with van der Waals surface area (Å²) in [4.78, 5) is 61.1. The molecule has 2 fully saturated rings. The van der Waals surface area contributed by atoms with E-state index in [1.165, 1.54) is 9.91 Å². The molecular weight excluding hydrogens is 690 g/mol. The normalized spacial score (nSPS) is 20.4. The van der Waals surface area contributed by atoms with Gasteiger partial charge in [-0.15, -0.1) is 13.2 Å². The second-order valence-electron chi connectivity index (χ2n) is 14.5. The zero-order valence-corrected chi connectivity index (χ0v) is 31.8. The van der Waals surface area contributed by atoms with Crippen LogP contribution in [-0.4, -0.2) is 89.0 Å². The van der Waals surface area contributed by atoms with E-state index in [1.807, 2.05) is 54.6 Å². The summed E-state index contributed by atoms with van der Waals surface area (Å²) in [5.41, 5.74) is 2.67. The van der Waals surface area contributed by atoms with Crippen LogP contribution in [0.3, 0.4) is 0 Å². The molecule has 54 heavy (non-hydrogen) atoms. The van der Waals surface area contributed by atoms with E-state index in [1.54, 1.807) is 47.0 Å². The molecule has 1 unspecified atom stereocenters. The minimum Gasteiger partial charge on any atom is -0.497 e. The van der Waals surface area contributed by atoms with Crippen molar-refractivity contribution in [2.24, 2.45) is 5.92 Å². The summed E-state index contributed by atoms with van der Waals surface area (Å²) in [7, 11) is 1.58. The van der Waals surface area contributed by atoms with Crippen molar-refractivity contribution < 1.29 is 38.1 Å². The molecule has 1 aliphatic heterocycles. The maximum Gasteiger partial charge on any atom is 0.426 e. The molecule has 4 amide bonds. The van der Waals surface area contributed by atoms with Gasteiger partial charge >= 0.3 is 18.1 Å². The number of aromatic nitrogens is 1. The fourth-order valence-electron chi connectivity index (χ4n) is 6.57. The van der Waals surface area contributed by atoms with Crippen molar-refractivity contribution in [3.63, 3.8) is 0 Å². The molecule has 0 bridgehead atoms. The highest BCUT2D eigenvalue weighted by Gasteiger charge is 2.62. The number of unbranched alkanes of at least 4 members (excludes halogenated alkanes) is 2. The highest BCUT2D eigenvalue weighted by molar-refractivity contribution is 5.95. The van der Waals surface area contributed by atoms with Crippen LogP contribution >= 0.6 is 0 Å². The topological polar surface area (TPSA) is 149 Å². The molecule has 1 saturated carbocycles. The second-order valence-corrected chi connectivity index (χ2v) is 14.5. The summed E-state index contributed by atoms with van der Waals surface area (Å²) in [5.74, 6) is -0.311. The number of urea groups is 1. The van der Waals surface area contributed by atoms with Crippen molar-refractivity contribution in [3.05, 3.63) is 79.9 Å². The number of fused-ring (bicyclic) bond motifs is 1. The van der Waals surface area contributed by atoms with E-state index in [4.69, 9.17) is 23.9 Å². The van der Waals surface area contributed by atoms with Gasteiger partial charge in [0, 0.05) is 42.0 Å². The Morgan fingerprint density at radius 2 is 1.83 bits per heavy atom. The smallest absolute Gasteiger partial charge is 0.426 e. The summed E-state index contributed by atoms with van der Waals surface area (Å²) in [6.07, 6.45) is 4.31. The van der Waals surface area contributed by atoms with Gasteiger partial charge in [-0.2, -0.15) is 0 Å². The molecule has 2 heterocycles. The number of amides is 4. The quantitative estimate of drug-likeness (QED) is 0.0810. The third kappa shape index (κ3) is 9.31. The highest BCUT2D eigenvalue weighted by Crippen LogP contribution is 2.46. The fraction of sp³-hybridized carbons (Fsp3) is 0.439. The number of hydrogen-bond donors (Lipinski definition) is 2. The van der Waals surface area contributed by atoms with Gasteiger partial charge in [0.25, 0.3) is 0 Å². The lowest BCUT2D eigenvalue weighted by Crippen LogP contribution is -2.58.